The first kappa shape index (κ1) is 35.2. The second-order valence-corrected chi connectivity index (χ2v) is 16.6. The van der Waals surface area contributed by atoms with Gasteiger partial charge in [0.2, 0.25) is 0 Å². The predicted molar refractivity (Wildman–Crippen MR) is 254 cm³/mol. The highest BCUT2D eigenvalue weighted by molar-refractivity contribution is 6.19. The molecule has 0 saturated heterocycles. The second-order valence-electron chi connectivity index (χ2n) is 16.6. The molecule has 0 saturated carbocycles. The first-order valence-corrected chi connectivity index (χ1v) is 21.0. The molecule has 0 bridgehead atoms. The van der Waals surface area contributed by atoms with Crippen molar-refractivity contribution in [2.24, 2.45) is 0 Å². The van der Waals surface area contributed by atoms with Gasteiger partial charge in [-0.3, -0.25) is 9.88 Å². The monoisotopic (exact) mass is 780 g/mol. The summed E-state index contributed by atoms with van der Waals surface area (Å²) in [5.74, 6) is 0.905. The number of benzene rings is 8. The van der Waals surface area contributed by atoms with Gasteiger partial charge in [-0.25, -0.2) is 4.98 Å². The van der Waals surface area contributed by atoms with E-state index in [2.05, 4.69) is 224 Å². The van der Waals surface area contributed by atoms with Crippen LogP contribution in [0, 0.1) is 0 Å². The molecule has 1 aliphatic carbocycles. The Labute approximate surface area is 355 Å². The van der Waals surface area contributed by atoms with Crippen molar-refractivity contribution in [3.8, 4) is 44.6 Å². The highest BCUT2D eigenvalue weighted by atomic mass is 15.2. The molecule has 10 aromatic rings. The Balaban J connectivity index is 0.988. The van der Waals surface area contributed by atoms with Gasteiger partial charge in [0.05, 0.1) is 28.0 Å². The second kappa shape index (κ2) is 13.6. The molecule has 3 heterocycles. The average Bonchev–Trinajstić information content (AvgIpc) is 3.56. The zero-order chi connectivity index (χ0) is 40.7. The third kappa shape index (κ3) is 5.46. The molecule has 8 aromatic carbocycles. The van der Waals surface area contributed by atoms with E-state index in [4.69, 9.17) is 9.97 Å². The zero-order valence-electron chi connectivity index (χ0n) is 33.9. The molecular weight excluding hydrogens is 741 g/mol. The molecule has 2 aliphatic rings. The quantitative estimate of drug-likeness (QED) is 0.157. The number of aromatic nitrogens is 2. The predicted octanol–water partition coefficient (Wildman–Crippen LogP) is 15.3. The number of hydrogen-bond acceptors (Lipinski definition) is 4. The standard InChI is InChI=1S/C57H40N4/c1-57(2)48-20-11-9-18-45(48)53-49(57)21-13-23-52(53)60(42-29-24-38(25-30-42)37-14-5-3-6-15-37)43-31-26-39(27-32-43)40-28-33-50-47(36-40)44-34-35-58-55-46-19-10-12-22-51(46)61(56(59-50)54(44)55)41-16-7-4-8-17-41/h3-36H,1-2H3. The lowest BCUT2D eigenvalue weighted by Crippen LogP contribution is -2.17. The number of fused-ring (bicyclic) bond motifs is 7. The van der Waals surface area contributed by atoms with Crippen LogP contribution in [0.1, 0.15) is 25.0 Å². The summed E-state index contributed by atoms with van der Waals surface area (Å²) >= 11 is 0. The minimum absolute atomic E-state index is 0.108. The summed E-state index contributed by atoms with van der Waals surface area (Å²) < 4.78 is 0. The lowest BCUT2D eigenvalue weighted by molar-refractivity contribution is 0.660. The van der Waals surface area contributed by atoms with Gasteiger partial charge in [-0.05, 0) is 111 Å². The number of hydrogen-bond donors (Lipinski definition) is 0. The van der Waals surface area contributed by atoms with Crippen molar-refractivity contribution >= 4 is 55.9 Å². The molecule has 1 aliphatic heterocycles. The number of anilines is 6. The van der Waals surface area contributed by atoms with E-state index in [1.807, 2.05) is 6.20 Å². The van der Waals surface area contributed by atoms with Crippen LogP contribution in [0.2, 0.25) is 0 Å². The van der Waals surface area contributed by atoms with Gasteiger partial charge in [-0.15, -0.1) is 0 Å². The van der Waals surface area contributed by atoms with Crippen LogP contribution in [0.3, 0.4) is 0 Å². The fourth-order valence-electron chi connectivity index (χ4n) is 9.88. The van der Waals surface area contributed by atoms with Gasteiger partial charge in [0.25, 0.3) is 0 Å². The SMILES string of the molecule is CC1(C)c2ccccc2-c2c(N(c3ccc(-c4ccccc4)cc3)c3ccc(-c4ccc5nc6c7c(nccc7c5c4)-c4ccccc4N6c4ccccc4)cc3)cccc21. The molecule has 0 radical (unpaired) electrons. The molecule has 0 unspecified atom stereocenters. The van der Waals surface area contributed by atoms with Crippen molar-refractivity contribution in [2.45, 2.75) is 19.3 Å². The topological polar surface area (TPSA) is 32.3 Å². The summed E-state index contributed by atoms with van der Waals surface area (Å²) in [4.78, 5) is 15.1. The molecular formula is C57H40N4. The van der Waals surface area contributed by atoms with E-state index in [1.54, 1.807) is 0 Å². The number of rotatable bonds is 6. The maximum atomic E-state index is 5.39. The summed E-state index contributed by atoms with van der Waals surface area (Å²) in [6, 6.07) is 72.2. The van der Waals surface area contributed by atoms with Crippen LogP contribution in [0.4, 0.5) is 34.3 Å². The van der Waals surface area contributed by atoms with Gasteiger partial charge in [0, 0.05) is 45.2 Å². The first-order chi connectivity index (χ1) is 30.0. The van der Waals surface area contributed by atoms with Crippen LogP contribution in [0.25, 0.3) is 66.3 Å². The van der Waals surface area contributed by atoms with Gasteiger partial charge in [-0.2, -0.15) is 0 Å². The summed E-state index contributed by atoms with van der Waals surface area (Å²) in [5, 5.41) is 3.32. The molecule has 12 rings (SSSR count). The molecule has 4 nitrogen and oxygen atoms in total. The van der Waals surface area contributed by atoms with Crippen molar-refractivity contribution < 1.29 is 0 Å². The van der Waals surface area contributed by atoms with Crippen LogP contribution in [-0.4, -0.2) is 9.97 Å². The fraction of sp³-hybridized carbons (Fsp3) is 0.0526. The van der Waals surface area contributed by atoms with Crippen molar-refractivity contribution in [1.29, 1.82) is 0 Å². The molecule has 61 heavy (non-hydrogen) atoms. The third-order valence-corrected chi connectivity index (χ3v) is 12.8. The highest BCUT2D eigenvalue weighted by Gasteiger charge is 2.38. The molecule has 0 N–H and O–H groups in total. The summed E-state index contributed by atoms with van der Waals surface area (Å²) in [6.07, 6.45) is 1.94. The summed E-state index contributed by atoms with van der Waals surface area (Å²) in [7, 11) is 0. The van der Waals surface area contributed by atoms with Crippen LogP contribution < -0.4 is 9.80 Å². The fourth-order valence-corrected chi connectivity index (χ4v) is 9.88. The smallest absolute Gasteiger partial charge is 0.148 e. The lowest BCUT2D eigenvalue weighted by atomic mass is 9.82. The van der Waals surface area contributed by atoms with Crippen molar-refractivity contribution in [3.05, 3.63) is 218 Å². The van der Waals surface area contributed by atoms with E-state index in [-0.39, 0.29) is 5.41 Å². The molecule has 288 valence electrons. The molecule has 4 heteroatoms. The van der Waals surface area contributed by atoms with E-state index in [0.29, 0.717) is 0 Å². The largest absolute Gasteiger partial charge is 0.310 e. The average molecular weight is 781 g/mol. The third-order valence-electron chi connectivity index (χ3n) is 12.8. The van der Waals surface area contributed by atoms with Gasteiger partial charge in [0.15, 0.2) is 0 Å². The molecule has 0 atom stereocenters. The van der Waals surface area contributed by atoms with E-state index < -0.39 is 0 Å². The van der Waals surface area contributed by atoms with Crippen LogP contribution in [0.5, 0.6) is 0 Å². The van der Waals surface area contributed by atoms with E-state index in [0.717, 1.165) is 72.6 Å². The molecule has 2 aromatic heterocycles. The Bertz CT molecular complexity index is 3320. The first-order valence-electron chi connectivity index (χ1n) is 21.0. The van der Waals surface area contributed by atoms with Crippen LogP contribution >= 0.6 is 0 Å². The van der Waals surface area contributed by atoms with E-state index in [1.165, 1.54) is 39.1 Å². The maximum absolute atomic E-state index is 5.39. The Kier molecular flexibility index (Phi) is 7.85. The van der Waals surface area contributed by atoms with Gasteiger partial charge in [0.1, 0.15) is 5.82 Å². The Hall–Kier alpha value is -7.82. The van der Waals surface area contributed by atoms with Crippen LogP contribution in [-0.2, 0) is 5.41 Å². The normalized spacial score (nSPS) is 13.2. The number of nitrogens with zero attached hydrogens (tertiary/aromatic N) is 4. The van der Waals surface area contributed by atoms with Crippen molar-refractivity contribution in [3.63, 3.8) is 0 Å². The number of pyridine rings is 2. The van der Waals surface area contributed by atoms with Gasteiger partial charge < -0.3 is 4.90 Å². The number of para-hydroxylation sites is 2. The molecule has 0 fully saturated rings. The summed E-state index contributed by atoms with van der Waals surface area (Å²) in [6.45, 7) is 4.69. The molecule has 0 amide bonds. The minimum atomic E-state index is -0.108. The van der Waals surface area contributed by atoms with Crippen LogP contribution in [0.15, 0.2) is 206 Å². The Morgan fingerprint density at radius 3 is 1.85 bits per heavy atom. The van der Waals surface area contributed by atoms with Crippen molar-refractivity contribution in [1.82, 2.24) is 9.97 Å². The lowest BCUT2D eigenvalue weighted by Gasteiger charge is -2.32. The van der Waals surface area contributed by atoms with Gasteiger partial charge in [-0.1, -0.05) is 147 Å². The van der Waals surface area contributed by atoms with Crippen molar-refractivity contribution in [2.75, 3.05) is 9.80 Å². The van der Waals surface area contributed by atoms with Gasteiger partial charge >= 0.3 is 0 Å². The maximum Gasteiger partial charge on any atom is 0.148 e. The summed E-state index contributed by atoms with van der Waals surface area (Å²) in [5.41, 5.74) is 18.4. The minimum Gasteiger partial charge on any atom is -0.310 e. The zero-order valence-corrected chi connectivity index (χ0v) is 33.9. The molecule has 0 spiro atoms. The Morgan fingerprint density at radius 1 is 0.492 bits per heavy atom. The highest BCUT2D eigenvalue weighted by Crippen LogP contribution is 2.55. The Morgan fingerprint density at radius 2 is 1.10 bits per heavy atom. The van der Waals surface area contributed by atoms with E-state index >= 15 is 0 Å². The van der Waals surface area contributed by atoms with E-state index in [9.17, 15) is 0 Å².